The highest BCUT2D eigenvalue weighted by Crippen LogP contribution is 2.07. The van der Waals surface area contributed by atoms with Gasteiger partial charge in [-0.15, -0.1) is 0 Å². The lowest BCUT2D eigenvalue weighted by Crippen LogP contribution is -1.93. The van der Waals surface area contributed by atoms with E-state index in [4.69, 9.17) is 0 Å². The van der Waals surface area contributed by atoms with Crippen LogP contribution in [0.2, 0.25) is 0 Å². The van der Waals surface area contributed by atoms with Crippen molar-refractivity contribution in [2.75, 3.05) is 0 Å². The summed E-state index contributed by atoms with van der Waals surface area (Å²) in [5.41, 5.74) is 2.05. The minimum Gasteiger partial charge on any atom is -0.241 e. The Morgan fingerprint density at radius 2 is 2.17 bits per heavy atom. The molecule has 1 aromatic carbocycles. The van der Waals surface area contributed by atoms with E-state index < -0.39 is 0 Å². The second-order valence-electron chi connectivity index (χ2n) is 2.62. The van der Waals surface area contributed by atoms with Gasteiger partial charge in [0.15, 0.2) is 0 Å². The van der Waals surface area contributed by atoms with Crippen molar-refractivity contribution in [3.05, 3.63) is 55.2 Å². The van der Waals surface area contributed by atoms with E-state index >= 15 is 0 Å². The van der Waals surface area contributed by atoms with Crippen molar-refractivity contribution >= 4 is 0 Å². The highest BCUT2D eigenvalue weighted by atomic mass is 15.3. The molecule has 2 aromatic rings. The normalized spacial score (nSPS) is 10.1. The van der Waals surface area contributed by atoms with Crippen molar-refractivity contribution < 1.29 is 0 Å². The fourth-order valence-electron chi connectivity index (χ4n) is 1.12. The molecule has 0 bridgehead atoms. The average Bonchev–Trinajstić information content (AvgIpc) is 2.56. The number of benzene rings is 1. The van der Waals surface area contributed by atoms with Gasteiger partial charge < -0.3 is 0 Å². The van der Waals surface area contributed by atoms with Crippen molar-refractivity contribution in [3.63, 3.8) is 0 Å². The maximum absolute atomic E-state index is 4.12. The van der Waals surface area contributed by atoms with E-state index in [9.17, 15) is 0 Å². The molecule has 1 aromatic heterocycles. The van der Waals surface area contributed by atoms with E-state index in [0.29, 0.717) is 0 Å². The Morgan fingerprint density at radius 3 is 2.83 bits per heavy atom. The first kappa shape index (κ1) is 7.10. The molecule has 0 saturated carbocycles. The third kappa shape index (κ3) is 1.23. The zero-order chi connectivity index (χ0) is 8.39. The van der Waals surface area contributed by atoms with Crippen LogP contribution in [0.15, 0.2) is 42.7 Å². The molecule has 2 nitrogen and oxygen atoms in total. The van der Waals surface area contributed by atoms with Crippen LogP contribution in [0.3, 0.4) is 0 Å². The molecule has 0 spiro atoms. The Morgan fingerprint density at radius 1 is 1.25 bits per heavy atom. The molecule has 0 fully saturated rings. The summed E-state index contributed by atoms with van der Waals surface area (Å²) in [5, 5.41) is 4.12. The molecule has 2 rings (SSSR count). The first-order chi connectivity index (χ1) is 5.86. The van der Waals surface area contributed by atoms with Gasteiger partial charge in [0.25, 0.3) is 0 Å². The first-order valence-electron chi connectivity index (χ1n) is 3.78. The van der Waals surface area contributed by atoms with Crippen molar-refractivity contribution in [2.45, 2.75) is 0 Å². The van der Waals surface area contributed by atoms with Gasteiger partial charge in [-0.3, -0.25) is 0 Å². The lowest BCUT2D eigenvalue weighted by Gasteiger charge is -2.00. The number of hydrogen-bond donors (Lipinski definition) is 0. The van der Waals surface area contributed by atoms with Gasteiger partial charge in [0.2, 0.25) is 0 Å². The number of nitrogens with zero attached hydrogens (tertiary/aromatic N) is 2. The number of rotatable bonds is 1. The van der Waals surface area contributed by atoms with Crippen LogP contribution in [-0.4, -0.2) is 9.78 Å². The Kier molecular flexibility index (Phi) is 1.67. The number of hydrogen-bond acceptors (Lipinski definition) is 1. The Labute approximate surface area is 71.5 Å². The van der Waals surface area contributed by atoms with Crippen molar-refractivity contribution in [3.8, 4) is 5.69 Å². The van der Waals surface area contributed by atoms with E-state index in [2.05, 4.69) is 12.0 Å². The largest absolute Gasteiger partial charge is 0.241 e. The van der Waals surface area contributed by atoms with Gasteiger partial charge >= 0.3 is 0 Å². The molecule has 0 unspecified atom stereocenters. The molecule has 2 heteroatoms. The SMILES string of the molecule is [CH2]c1cccc(-n2cccn2)c1. The van der Waals surface area contributed by atoms with Gasteiger partial charge in [-0.1, -0.05) is 12.1 Å². The van der Waals surface area contributed by atoms with E-state index in [-0.39, 0.29) is 0 Å². The zero-order valence-electron chi connectivity index (χ0n) is 6.64. The van der Waals surface area contributed by atoms with Gasteiger partial charge in [0.1, 0.15) is 0 Å². The molecule has 0 atom stereocenters. The van der Waals surface area contributed by atoms with Crippen molar-refractivity contribution in [2.24, 2.45) is 0 Å². The van der Waals surface area contributed by atoms with E-state index in [1.165, 1.54) is 0 Å². The van der Waals surface area contributed by atoms with Crippen LogP contribution in [0.25, 0.3) is 5.69 Å². The molecular weight excluding hydrogens is 148 g/mol. The summed E-state index contributed by atoms with van der Waals surface area (Å²) in [6, 6.07) is 9.83. The summed E-state index contributed by atoms with van der Waals surface area (Å²) < 4.78 is 1.81. The third-order valence-electron chi connectivity index (χ3n) is 1.68. The van der Waals surface area contributed by atoms with Crippen LogP contribution in [0.4, 0.5) is 0 Å². The Bertz CT molecular complexity index is 363. The van der Waals surface area contributed by atoms with Gasteiger partial charge in [-0.2, -0.15) is 5.10 Å². The highest BCUT2D eigenvalue weighted by molar-refractivity contribution is 5.35. The van der Waals surface area contributed by atoms with Gasteiger partial charge in [-0.05, 0) is 30.7 Å². The quantitative estimate of drug-likeness (QED) is 0.619. The van der Waals surface area contributed by atoms with E-state index in [1.54, 1.807) is 6.20 Å². The molecule has 0 N–H and O–H groups in total. The summed E-state index contributed by atoms with van der Waals surface area (Å²) in [7, 11) is 0. The maximum atomic E-state index is 4.12. The van der Waals surface area contributed by atoms with Crippen molar-refractivity contribution in [1.82, 2.24) is 9.78 Å². The second kappa shape index (κ2) is 2.81. The third-order valence-corrected chi connectivity index (χ3v) is 1.68. The van der Waals surface area contributed by atoms with Gasteiger partial charge in [-0.25, -0.2) is 4.68 Å². The summed E-state index contributed by atoms with van der Waals surface area (Å²) in [4.78, 5) is 0. The standard InChI is InChI=1S/C10H9N2/c1-9-4-2-5-10(8-9)12-7-3-6-11-12/h2-8H,1H2. The lowest BCUT2D eigenvalue weighted by atomic mass is 10.2. The Balaban J connectivity index is 2.48. The van der Waals surface area contributed by atoms with E-state index in [0.717, 1.165) is 11.3 Å². The number of aromatic nitrogens is 2. The van der Waals surface area contributed by atoms with Crippen LogP contribution in [0.5, 0.6) is 0 Å². The summed E-state index contributed by atoms with van der Waals surface area (Å²) in [6.07, 6.45) is 3.67. The van der Waals surface area contributed by atoms with Gasteiger partial charge in [0, 0.05) is 12.4 Å². The van der Waals surface area contributed by atoms with Gasteiger partial charge in [0.05, 0.1) is 5.69 Å². The second-order valence-corrected chi connectivity index (χ2v) is 2.62. The highest BCUT2D eigenvalue weighted by Gasteiger charge is 1.93. The molecule has 59 valence electrons. The summed E-state index contributed by atoms with van der Waals surface area (Å²) >= 11 is 0. The molecular formula is C10H9N2. The smallest absolute Gasteiger partial charge is 0.0648 e. The van der Waals surface area contributed by atoms with Crippen LogP contribution in [0.1, 0.15) is 5.56 Å². The average molecular weight is 157 g/mol. The van der Waals surface area contributed by atoms with Crippen LogP contribution in [-0.2, 0) is 0 Å². The minimum atomic E-state index is 1.00. The molecule has 1 radical (unpaired) electrons. The fourth-order valence-corrected chi connectivity index (χ4v) is 1.12. The molecule has 0 aliphatic rings. The zero-order valence-corrected chi connectivity index (χ0v) is 6.64. The lowest BCUT2D eigenvalue weighted by molar-refractivity contribution is 0.880. The predicted octanol–water partition coefficient (Wildman–Crippen LogP) is 2.05. The van der Waals surface area contributed by atoms with Crippen LogP contribution >= 0.6 is 0 Å². The predicted molar refractivity (Wildman–Crippen MR) is 48.0 cm³/mol. The summed E-state index contributed by atoms with van der Waals surface area (Å²) in [6.45, 7) is 3.85. The Hall–Kier alpha value is -1.57. The molecule has 0 amide bonds. The topological polar surface area (TPSA) is 17.8 Å². The molecule has 1 heterocycles. The maximum Gasteiger partial charge on any atom is 0.0648 e. The molecule has 0 saturated heterocycles. The molecule has 0 aliphatic carbocycles. The molecule has 0 aliphatic heterocycles. The fraction of sp³-hybridized carbons (Fsp3) is 0. The van der Waals surface area contributed by atoms with Crippen LogP contribution < -0.4 is 0 Å². The monoisotopic (exact) mass is 157 g/mol. The van der Waals surface area contributed by atoms with Crippen LogP contribution in [0, 0.1) is 6.92 Å². The minimum absolute atomic E-state index is 1.00. The summed E-state index contributed by atoms with van der Waals surface area (Å²) in [5.74, 6) is 0. The molecule has 12 heavy (non-hydrogen) atoms. The first-order valence-corrected chi connectivity index (χ1v) is 3.78. The van der Waals surface area contributed by atoms with Crippen molar-refractivity contribution in [1.29, 1.82) is 0 Å². The van der Waals surface area contributed by atoms with E-state index in [1.807, 2.05) is 41.2 Å².